The lowest BCUT2D eigenvalue weighted by Gasteiger charge is -2.34. The normalized spacial score (nSPS) is 23.1. The molecule has 0 bridgehead atoms. The molecule has 0 aromatic carbocycles. The van der Waals surface area contributed by atoms with Crippen molar-refractivity contribution < 1.29 is 14.0 Å². The van der Waals surface area contributed by atoms with E-state index in [-0.39, 0.29) is 24.3 Å². The van der Waals surface area contributed by atoms with Crippen LogP contribution in [-0.4, -0.2) is 41.9 Å². The third kappa shape index (κ3) is 5.08. The number of hydrogen-bond acceptors (Lipinski definition) is 4. The highest BCUT2D eigenvalue weighted by Crippen LogP contribution is 2.19. The predicted octanol–water partition coefficient (Wildman–Crippen LogP) is 2.12. The highest BCUT2D eigenvalue weighted by molar-refractivity contribution is 5.88. The van der Waals surface area contributed by atoms with Gasteiger partial charge in [-0.3, -0.25) is 14.5 Å². The maximum atomic E-state index is 12.5. The number of aryl methyl sites for hydroxylation is 1. The van der Waals surface area contributed by atoms with Gasteiger partial charge in [-0.15, -0.1) is 0 Å². The van der Waals surface area contributed by atoms with E-state index in [1.54, 1.807) is 0 Å². The van der Waals surface area contributed by atoms with E-state index in [2.05, 4.69) is 10.6 Å². The molecule has 1 aromatic heterocycles. The number of amides is 2. The molecule has 0 unspecified atom stereocenters. The van der Waals surface area contributed by atoms with Crippen molar-refractivity contribution in [2.24, 2.45) is 0 Å². The van der Waals surface area contributed by atoms with E-state index >= 15 is 0 Å². The summed E-state index contributed by atoms with van der Waals surface area (Å²) < 4.78 is 5.64. The van der Waals surface area contributed by atoms with Crippen molar-refractivity contribution >= 4 is 11.8 Å². The number of nitrogens with one attached hydrogen (secondary N) is 2. The summed E-state index contributed by atoms with van der Waals surface area (Å²) in [6.45, 7) is 3.80. The van der Waals surface area contributed by atoms with Gasteiger partial charge in [-0.1, -0.05) is 25.7 Å². The monoisotopic (exact) mass is 347 g/mol. The summed E-state index contributed by atoms with van der Waals surface area (Å²) in [6.07, 6.45) is 7.19. The summed E-state index contributed by atoms with van der Waals surface area (Å²) in [5.74, 6) is 1.61. The van der Waals surface area contributed by atoms with Crippen LogP contribution in [0.3, 0.4) is 0 Å². The first-order valence-electron chi connectivity index (χ1n) is 9.48. The van der Waals surface area contributed by atoms with Crippen LogP contribution in [-0.2, 0) is 16.1 Å². The van der Waals surface area contributed by atoms with Crippen LogP contribution < -0.4 is 10.6 Å². The fourth-order valence-electron chi connectivity index (χ4n) is 3.83. The van der Waals surface area contributed by atoms with Crippen molar-refractivity contribution in [1.82, 2.24) is 15.5 Å². The lowest BCUT2D eigenvalue weighted by molar-refractivity contribution is -0.134. The number of carbonyl (C=O) groups is 2. The Morgan fingerprint density at radius 2 is 2.04 bits per heavy atom. The fraction of sp³-hybridized carbons (Fsp3) is 0.684. The molecule has 2 aliphatic rings. The van der Waals surface area contributed by atoms with Crippen LogP contribution in [0.1, 0.15) is 56.5 Å². The van der Waals surface area contributed by atoms with Gasteiger partial charge in [-0.25, -0.2) is 0 Å². The van der Waals surface area contributed by atoms with Crippen molar-refractivity contribution in [3.63, 3.8) is 0 Å². The summed E-state index contributed by atoms with van der Waals surface area (Å²) in [6, 6.07) is 3.70. The van der Waals surface area contributed by atoms with E-state index in [4.69, 9.17) is 4.42 Å². The quantitative estimate of drug-likeness (QED) is 0.800. The molecule has 2 fully saturated rings. The summed E-state index contributed by atoms with van der Waals surface area (Å²) in [4.78, 5) is 26.9. The minimum atomic E-state index is -0.426. The van der Waals surface area contributed by atoms with Gasteiger partial charge in [0.1, 0.15) is 11.5 Å². The molecule has 1 aliphatic carbocycles. The SMILES string of the molecule is Cc1ccc(CN2CCNC(=O)[C@@H]2CC(=O)NC2CCCCCC2)o1. The Morgan fingerprint density at radius 1 is 1.28 bits per heavy atom. The van der Waals surface area contributed by atoms with Gasteiger partial charge in [0.15, 0.2) is 0 Å². The van der Waals surface area contributed by atoms with Crippen LogP contribution in [0.25, 0.3) is 0 Å². The zero-order valence-electron chi connectivity index (χ0n) is 15.1. The van der Waals surface area contributed by atoms with E-state index in [0.717, 1.165) is 30.9 Å². The molecule has 1 aliphatic heterocycles. The maximum absolute atomic E-state index is 12.5. The molecule has 138 valence electrons. The second-order valence-corrected chi connectivity index (χ2v) is 7.25. The van der Waals surface area contributed by atoms with Gasteiger partial charge in [-0.05, 0) is 31.9 Å². The van der Waals surface area contributed by atoms with Crippen molar-refractivity contribution in [3.8, 4) is 0 Å². The third-order valence-electron chi connectivity index (χ3n) is 5.20. The Kier molecular flexibility index (Phi) is 6.13. The van der Waals surface area contributed by atoms with Crippen LogP contribution >= 0.6 is 0 Å². The summed E-state index contributed by atoms with van der Waals surface area (Å²) in [5.41, 5.74) is 0. The fourth-order valence-corrected chi connectivity index (χ4v) is 3.83. The van der Waals surface area contributed by atoms with Crippen molar-refractivity contribution in [3.05, 3.63) is 23.7 Å². The van der Waals surface area contributed by atoms with E-state index in [1.807, 2.05) is 24.0 Å². The standard InChI is InChI=1S/C19H29N3O3/c1-14-8-9-16(25-14)13-22-11-10-20-19(24)17(22)12-18(23)21-15-6-4-2-3-5-7-15/h8-9,15,17H,2-7,10-13H2,1H3,(H,20,24)(H,21,23)/t17-/m0/s1. The summed E-state index contributed by atoms with van der Waals surface area (Å²) >= 11 is 0. The molecule has 0 spiro atoms. The molecule has 2 amide bonds. The van der Waals surface area contributed by atoms with E-state index in [1.165, 1.54) is 25.7 Å². The van der Waals surface area contributed by atoms with Crippen molar-refractivity contribution in [1.29, 1.82) is 0 Å². The van der Waals surface area contributed by atoms with Crippen molar-refractivity contribution in [2.45, 2.75) is 70.5 Å². The average molecular weight is 347 g/mol. The largest absolute Gasteiger partial charge is 0.465 e. The first-order chi connectivity index (χ1) is 12.1. The van der Waals surface area contributed by atoms with Gasteiger partial charge in [-0.2, -0.15) is 0 Å². The average Bonchev–Trinajstić information content (AvgIpc) is 2.82. The molecular weight excluding hydrogens is 318 g/mol. The molecule has 3 rings (SSSR count). The van der Waals surface area contributed by atoms with Crippen LogP contribution in [0.5, 0.6) is 0 Å². The van der Waals surface area contributed by atoms with Gasteiger partial charge in [0.05, 0.1) is 19.0 Å². The first-order valence-corrected chi connectivity index (χ1v) is 9.48. The molecule has 0 radical (unpaired) electrons. The van der Waals surface area contributed by atoms with E-state index in [0.29, 0.717) is 13.1 Å². The number of carbonyl (C=O) groups excluding carboxylic acids is 2. The molecule has 1 aromatic rings. The highest BCUT2D eigenvalue weighted by atomic mass is 16.3. The maximum Gasteiger partial charge on any atom is 0.237 e. The number of nitrogens with zero attached hydrogens (tertiary/aromatic N) is 1. The first kappa shape index (κ1) is 18.0. The Hall–Kier alpha value is -1.82. The Labute approximate surface area is 149 Å². The van der Waals surface area contributed by atoms with Crippen LogP contribution in [0, 0.1) is 6.92 Å². The van der Waals surface area contributed by atoms with E-state index < -0.39 is 6.04 Å². The summed E-state index contributed by atoms with van der Waals surface area (Å²) in [5, 5.41) is 6.03. The number of furan rings is 1. The molecule has 2 N–H and O–H groups in total. The second-order valence-electron chi connectivity index (χ2n) is 7.25. The number of hydrogen-bond donors (Lipinski definition) is 2. The lowest BCUT2D eigenvalue weighted by Crippen LogP contribution is -2.56. The van der Waals surface area contributed by atoms with Gasteiger partial charge >= 0.3 is 0 Å². The molecule has 2 heterocycles. The van der Waals surface area contributed by atoms with Crippen molar-refractivity contribution in [2.75, 3.05) is 13.1 Å². The Bertz CT molecular complexity index is 590. The second kappa shape index (κ2) is 8.52. The highest BCUT2D eigenvalue weighted by Gasteiger charge is 2.32. The summed E-state index contributed by atoms with van der Waals surface area (Å²) in [7, 11) is 0. The molecular formula is C19H29N3O3. The van der Waals surface area contributed by atoms with Gasteiger partial charge in [0.25, 0.3) is 0 Å². The van der Waals surface area contributed by atoms with Gasteiger partial charge in [0.2, 0.25) is 11.8 Å². The zero-order valence-corrected chi connectivity index (χ0v) is 15.1. The number of piperazine rings is 1. The third-order valence-corrected chi connectivity index (χ3v) is 5.20. The minimum absolute atomic E-state index is 0.0189. The molecule has 1 saturated heterocycles. The predicted molar refractivity (Wildman–Crippen MR) is 94.9 cm³/mol. The minimum Gasteiger partial charge on any atom is -0.465 e. The molecule has 25 heavy (non-hydrogen) atoms. The topological polar surface area (TPSA) is 74.6 Å². The smallest absolute Gasteiger partial charge is 0.237 e. The molecule has 1 saturated carbocycles. The Morgan fingerprint density at radius 3 is 2.72 bits per heavy atom. The number of rotatable bonds is 5. The van der Waals surface area contributed by atoms with Crippen LogP contribution in [0.2, 0.25) is 0 Å². The lowest BCUT2D eigenvalue weighted by atomic mass is 10.1. The molecule has 1 atom stereocenters. The zero-order chi connectivity index (χ0) is 17.6. The van der Waals surface area contributed by atoms with Crippen LogP contribution in [0.4, 0.5) is 0 Å². The van der Waals surface area contributed by atoms with Crippen LogP contribution in [0.15, 0.2) is 16.5 Å². The Balaban J connectivity index is 1.58. The van der Waals surface area contributed by atoms with E-state index in [9.17, 15) is 9.59 Å². The molecule has 6 nitrogen and oxygen atoms in total. The van der Waals surface area contributed by atoms with Gasteiger partial charge in [0, 0.05) is 19.1 Å². The molecule has 6 heteroatoms. The van der Waals surface area contributed by atoms with Gasteiger partial charge < -0.3 is 15.1 Å².